The lowest BCUT2D eigenvalue weighted by Gasteiger charge is -2.34. The number of thioether (sulfide) groups is 1. The van der Waals surface area contributed by atoms with E-state index in [1.807, 2.05) is 31.9 Å². The van der Waals surface area contributed by atoms with Crippen LogP contribution >= 0.6 is 11.8 Å². The molecule has 2 N–H and O–H groups in total. The van der Waals surface area contributed by atoms with Gasteiger partial charge in [0, 0.05) is 19.1 Å². The highest BCUT2D eigenvalue weighted by atomic mass is 32.2. The monoisotopic (exact) mass is 273 g/mol. The second-order valence-corrected chi connectivity index (χ2v) is 6.24. The van der Waals surface area contributed by atoms with Gasteiger partial charge in [-0.05, 0) is 39.9 Å². The van der Waals surface area contributed by atoms with Crippen LogP contribution in [0.1, 0.15) is 33.6 Å². The Kier molecular flexibility index (Phi) is 5.31. The lowest BCUT2D eigenvalue weighted by molar-refractivity contribution is 0.0486. The van der Waals surface area contributed by atoms with Crippen molar-refractivity contribution in [3.63, 3.8) is 0 Å². The van der Waals surface area contributed by atoms with Crippen molar-refractivity contribution in [2.24, 2.45) is 0 Å². The van der Waals surface area contributed by atoms with E-state index in [1.54, 1.807) is 0 Å². The Hall–Kier alpha value is -0.910. The zero-order chi connectivity index (χ0) is 13.8. The molecular formula is C12H23N3O2S. The van der Waals surface area contributed by atoms with E-state index in [0.717, 1.165) is 19.4 Å². The number of nitrogens with one attached hydrogen (secondary N) is 2. The molecule has 0 aliphatic carbocycles. The third kappa shape index (κ3) is 5.16. The van der Waals surface area contributed by atoms with Crippen molar-refractivity contribution < 1.29 is 9.53 Å². The van der Waals surface area contributed by atoms with Crippen LogP contribution < -0.4 is 5.32 Å². The van der Waals surface area contributed by atoms with Gasteiger partial charge >= 0.3 is 6.09 Å². The first-order valence-electron chi connectivity index (χ1n) is 6.19. The van der Waals surface area contributed by atoms with Crippen LogP contribution in [-0.4, -0.2) is 47.1 Å². The van der Waals surface area contributed by atoms with E-state index in [2.05, 4.69) is 5.32 Å². The molecule has 0 saturated carbocycles. The molecule has 1 aliphatic rings. The quantitative estimate of drug-likeness (QED) is 0.568. The van der Waals surface area contributed by atoms with Crippen molar-refractivity contribution in [1.82, 2.24) is 10.2 Å². The Labute approximate surface area is 113 Å². The van der Waals surface area contributed by atoms with Gasteiger partial charge in [-0.2, -0.15) is 0 Å². The van der Waals surface area contributed by atoms with Crippen LogP contribution in [0.5, 0.6) is 0 Å². The highest BCUT2D eigenvalue weighted by Crippen LogP contribution is 2.15. The van der Waals surface area contributed by atoms with Gasteiger partial charge in [-0.25, -0.2) is 4.79 Å². The molecule has 1 saturated heterocycles. The topological polar surface area (TPSA) is 65.4 Å². The van der Waals surface area contributed by atoms with Crippen LogP contribution in [0, 0.1) is 5.41 Å². The number of likely N-dealkylation sites (tertiary alicyclic amines) is 1. The molecule has 1 amide bonds. The predicted octanol–water partition coefficient (Wildman–Crippen LogP) is 2.27. The first-order valence-corrected chi connectivity index (χ1v) is 7.41. The minimum Gasteiger partial charge on any atom is -0.444 e. The van der Waals surface area contributed by atoms with Crippen LogP contribution in [0.15, 0.2) is 0 Å². The molecule has 18 heavy (non-hydrogen) atoms. The van der Waals surface area contributed by atoms with E-state index in [-0.39, 0.29) is 12.1 Å². The van der Waals surface area contributed by atoms with E-state index in [0.29, 0.717) is 11.7 Å². The van der Waals surface area contributed by atoms with Crippen molar-refractivity contribution in [3.05, 3.63) is 0 Å². The number of amides is 1. The number of nitrogens with zero attached hydrogens (tertiary/aromatic N) is 1. The largest absolute Gasteiger partial charge is 0.444 e. The molecule has 0 bridgehead atoms. The second-order valence-electron chi connectivity index (χ2n) is 5.44. The fraction of sp³-hybridized carbons (Fsp3) is 0.833. The average molecular weight is 273 g/mol. The molecule has 0 spiro atoms. The van der Waals surface area contributed by atoms with Crippen LogP contribution in [0.25, 0.3) is 0 Å². The maximum atomic E-state index is 11.7. The van der Waals surface area contributed by atoms with E-state index in [9.17, 15) is 4.79 Å². The molecule has 1 atom stereocenters. The number of hydrogen-bond donors (Lipinski definition) is 2. The summed E-state index contributed by atoms with van der Waals surface area (Å²) in [7, 11) is 0. The first-order chi connectivity index (χ1) is 8.31. The normalized spacial score (nSPS) is 20.4. The van der Waals surface area contributed by atoms with Gasteiger partial charge in [-0.1, -0.05) is 11.8 Å². The number of carbonyl (C=O) groups excluding carboxylic acids is 1. The predicted molar refractivity (Wildman–Crippen MR) is 75.2 cm³/mol. The number of carbonyl (C=O) groups is 1. The highest BCUT2D eigenvalue weighted by Gasteiger charge is 2.24. The summed E-state index contributed by atoms with van der Waals surface area (Å²) in [6.45, 7) is 7.14. The molecule has 1 rings (SSSR count). The van der Waals surface area contributed by atoms with Gasteiger partial charge in [0.1, 0.15) is 5.60 Å². The Bertz CT molecular complexity index is 315. The van der Waals surface area contributed by atoms with Gasteiger partial charge in [0.05, 0.1) is 0 Å². The molecule has 1 aliphatic heterocycles. The van der Waals surface area contributed by atoms with Gasteiger partial charge in [0.25, 0.3) is 0 Å². The molecule has 0 aromatic rings. The number of rotatable bonds is 1. The summed E-state index contributed by atoms with van der Waals surface area (Å²) in [5, 5.41) is 11.2. The molecule has 5 nitrogen and oxygen atoms in total. The van der Waals surface area contributed by atoms with Crippen molar-refractivity contribution in [2.75, 3.05) is 19.3 Å². The number of alkyl carbamates (subject to hydrolysis) is 1. The van der Waals surface area contributed by atoms with Crippen molar-refractivity contribution in [2.45, 2.75) is 45.3 Å². The van der Waals surface area contributed by atoms with Crippen LogP contribution in [0.3, 0.4) is 0 Å². The number of amidine groups is 1. The smallest absolute Gasteiger partial charge is 0.407 e. The summed E-state index contributed by atoms with van der Waals surface area (Å²) < 4.78 is 5.24. The standard InChI is InChI=1S/C12H23N3O2S/c1-12(2,3)17-11(16)14-9-6-5-7-15(8-9)10(13)18-4/h9,13H,5-8H2,1-4H3,(H,14,16). The maximum absolute atomic E-state index is 11.7. The Morgan fingerprint density at radius 1 is 1.50 bits per heavy atom. The number of ether oxygens (including phenoxy) is 1. The lowest BCUT2D eigenvalue weighted by Crippen LogP contribution is -2.49. The van der Waals surface area contributed by atoms with Gasteiger partial charge < -0.3 is 15.0 Å². The van der Waals surface area contributed by atoms with Crippen molar-refractivity contribution in [1.29, 1.82) is 5.41 Å². The average Bonchev–Trinajstić information content (AvgIpc) is 2.25. The summed E-state index contributed by atoms with van der Waals surface area (Å²) in [4.78, 5) is 13.7. The molecule has 1 heterocycles. The summed E-state index contributed by atoms with van der Waals surface area (Å²) in [6.07, 6.45) is 3.46. The Morgan fingerprint density at radius 2 is 2.17 bits per heavy atom. The highest BCUT2D eigenvalue weighted by molar-refractivity contribution is 8.13. The SMILES string of the molecule is CSC(=N)N1CCCC(NC(=O)OC(C)(C)C)C1. The minimum absolute atomic E-state index is 0.0705. The fourth-order valence-corrected chi connectivity index (χ4v) is 2.31. The second kappa shape index (κ2) is 6.31. The number of piperidine rings is 1. The zero-order valence-electron chi connectivity index (χ0n) is 11.6. The molecule has 0 radical (unpaired) electrons. The third-order valence-electron chi connectivity index (χ3n) is 2.62. The van der Waals surface area contributed by atoms with Gasteiger partial charge in [-0.3, -0.25) is 5.41 Å². The molecule has 6 heteroatoms. The van der Waals surface area contributed by atoms with Crippen molar-refractivity contribution in [3.8, 4) is 0 Å². The van der Waals surface area contributed by atoms with Gasteiger partial charge in [0.2, 0.25) is 0 Å². The van der Waals surface area contributed by atoms with Gasteiger partial charge in [0.15, 0.2) is 5.17 Å². The van der Waals surface area contributed by atoms with Crippen LogP contribution in [0.4, 0.5) is 4.79 Å². The Morgan fingerprint density at radius 3 is 2.72 bits per heavy atom. The van der Waals surface area contributed by atoms with Gasteiger partial charge in [-0.15, -0.1) is 0 Å². The lowest BCUT2D eigenvalue weighted by atomic mass is 10.1. The Balaban J connectivity index is 2.43. The number of hydrogen-bond acceptors (Lipinski definition) is 4. The summed E-state index contributed by atoms with van der Waals surface area (Å²) in [6, 6.07) is 0.0705. The van der Waals surface area contributed by atoms with E-state index in [4.69, 9.17) is 10.1 Å². The molecule has 0 aromatic carbocycles. The molecule has 1 unspecified atom stereocenters. The first kappa shape index (κ1) is 15.1. The molecule has 0 aromatic heterocycles. The van der Waals surface area contributed by atoms with E-state index >= 15 is 0 Å². The van der Waals surface area contributed by atoms with Crippen molar-refractivity contribution >= 4 is 23.0 Å². The van der Waals surface area contributed by atoms with E-state index < -0.39 is 5.60 Å². The van der Waals surface area contributed by atoms with Crippen LogP contribution in [-0.2, 0) is 4.74 Å². The minimum atomic E-state index is -0.468. The summed E-state index contributed by atoms with van der Waals surface area (Å²) in [5.41, 5.74) is -0.468. The summed E-state index contributed by atoms with van der Waals surface area (Å²) >= 11 is 1.43. The summed E-state index contributed by atoms with van der Waals surface area (Å²) in [5.74, 6) is 0. The maximum Gasteiger partial charge on any atom is 0.407 e. The fourth-order valence-electron chi connectivity index (χ4n) is 1.88. The third-order valence-corrected chi connectivity index (χ3v) is 3.27. The zero-order valence-corrected chi connectivity index (χ0v) is 12.4. The van der Waals surface area contributed by atoms with Crippen LogP contribution in [0.2, 0.25) is 0 Å². The molecule has 1 fully saturated rings. The molecule has 104 valence electrons. The molecular weight excluding hydrogens is 250 g/mol. The van der Waals surface area contributed by atoms with E-state index in [1.165, 1.54) is 11.8 Å².